The summed E-state index contributed by atoms with van der Waals surface area (Å²) in [6.07, 6.45) is 0.874. The van der Waals surface area contributed by atoms with Gasteiger partial charge in [0.1, 0.15) is 5.82 Å². The molecular formula is C23H28FNO5Si. The van der Waals surface area contributed by atoms with Gasteiger partial charge in [0.2, 0.25) is 0 Å². The molecule has 0 aliphatic carbocycles. The third kappa shape index (κ3) is 6.50. The van der Waals surface area contributed by atoms with E-state index in [1.54, 1.807) is 0 Å². The predicted molar refractivity (Wildman–Crippen MR) is 121 cm³/mol. The average Bonchev–Trinajstić information content (AvgIpc) is 2.66. The maximum absolute atomic E-state index is 14.8. The van der Waals surface area contributed by atoms with Gasteiger partial charge in [-0.15, -0.1) is 0 Å². The van der Waals surface area contributed by atoms with Crippen molar-refractivity contribution >= 4 is 26.7 Å². The van der Waals surface area contributed by atoms with Gasteiger partial charge in [-0.25, -0.2) is 14.0 Å². The smallest absolute Gasteiger partial charge is 0.344 e. The number of benzene rings is 2. The van der Waals surface area contributed by atoms with Crippen LogP contribution >= 0.6 is 0 Å². The van der Waals surface area contributed by atoms with Crippen molar-refractivity contribution in [2.75, 3.05) is 5.32 Å². The summed E-state index contributed by atoms with van der Waals surface area (Å²) in [7, 11) is -1.30. The molecule has 0 radical (unpaired) electrons. The minimum Gasteiger partial charge on any atom is -0.477 e. The van der Waals surface area contributed by atoms with Crippen molar-refractivity contribution in [2.24, 2.45) is 0 Å². The molecule has 166 valence electrons. The SMILES string of the molecule is C[SiH](C)OCc1cc(C(C)(C)C)ccc1-c1cc(NC=C(C(=O)O)C(=O)O)ccc1F. The molecular weight excluding hydrogens is 417 g/mol. The number of carbonyl (C=O) groups is 2. The lowest BCUT2D eigenvalue weighted by molar-refractivity contribution is -0.140. The zero-order valence-electron chi connectivity index (χ0n) is 18.3. The molecule has 0 aliphatic rings. The Balaban J connectivity index is 2.51. The highest BCUT2D eigenvalue weighted by atomic mass is 28.3. The summed E-state index contributed by atoms with van der Waals surface area (Å²) in [4.78, 5) is 22.1. The fourth-order valence-corrected chi connectivity index (χ4v) is 3.40. The summed E-state index contributed by atoms with van der Waals surface area (Å²) in [5.74, 6) is -3.59. The molecule has 31 heavy (non-hydrogen) atoms. The number of carboxylic acids is 2. The Morgan fingerprint density at radius 1 is 1.06 bits per heavy atom. The van der Waals surface area contributed by atoms with Crippen LogP contribution in [0.2, 0.25) is 13.1 Å². The summed E-state index contributed by atoms with van der Waals surface area (Å²) in [6.45, 7) is 10.8. The lowest BCUT2D eigenvalue weighted by Crippen LogP contribution is -2.13. The number of halogens is 1. The largest absolute Gasteiger partial charge is 0.477 e. The lowest BCUT2D eigenvalue weighted by Gasteiger charge is -2.22. The molecule has 0 fully saturated rings. The third-order valence-corrected chi connectivity index (χ3v) is 5.48. The van der Waals surface area contributed by atoms with Crippen molar-refractivity contribution in [3.63, 3.8) is 0 Å². The van der Waals surface area contributed by atoms with Gasteiger partial charge in [-0.3, -0.25) is 0 Å². The molecule has 0 amide bonds. The highest BCUT2D eigenvalue weighted by Crippen LogP contribution is 2.33. The second-order valence-corrected chi connectivity index (χ2v) is 10.9. The Bertz CT molecular complexity index is 996. The molecule has 0 spiro atoms. The second kappa shape index (κ2) is 9.89. The molecule has 0 saturated heterocycles. The quantitative estimate of drug-likeness (QED) is 0.235. The standard InChI is InChI=1S/C23H28FNO5Si/c1-23(2,3)15-6-8-17(14(10-15)13-30-31(4)5)18-11-16(7-9-20(18)24)25-12-19(21(26)27)22(28)29/h6-12,25,31H,13H2,1-5H3,(H,26,27)(H,28,29). The first-order valence-electron chi connectivity index (χ1n) is 9.88. The fourth-order valence-electron chi connectivity index (χ4n) is 2.89. The van der Waals surface area contributed by atoms with Crippen molar-refractivity contribution in [2.45, 2.75) is 45.9 Å². The molecule has 0 aromatic heterocycles. The number of aliphatic carboxylic acids is 2. The topological polar surface area (TPSA) is 95.9 Å². The van der Waals surface area contributed by atoms with Crippen LogP contribution < -0.4 is 5.32 Å². The first-order valence-corrected chi connectivity index (χ1v) is 12.7. The van der Waals surface area contributed by atoms with Crippen LogP contribution in [0.4, 0.5) is 10.1 Å². The van der Waals surface area contributed by atoms with E-state index in [9.17, 15) is 14.0 Å². The van der Waals surface area contributed by atoms with Crippen molar-refractivity contribution in [1.82, 2.24) is 0 Å². The van der Waals surface area contributed by atoms with E-state index in [0.717, 1.165) is 17.3 Å². The minimum absolute atomic E-state index is 0.0840. The van der Waals surface area contributed by atoms with Gasteiger partial charge in [-0.05, 0) is 53.4 Å². The number of nitrogens with one attached hydrogen (secondary N) is 1. The summed E-state index contributed by atoms with van der Waals surface area (Å²) >= 11 is 0. The predicted octanol–water partition coefficient (Wildman–Crippen LogP) is 4.76. The molecule has 0 unspecified atom stereocenters. The van der Waals surface area contributed by atoms with Gasteiger partial charge in [0.15, 0.2) is 14.6 Å². The van der Waals surface area contributed by atoms with Gasteiger partial charge >= 0.3 is 11.9 Å². The maximum Gasteiger partial charge on any atom is 0.344 e. The zero-order valence-corrected chi connectivity index (χ0v) is 19.5. The van der Waals surface area contributed by atoms with Gasteiger partial charge in [-0.2, -0.15) is 0 Å². The number of carboxylic acid groups (broad SMARTS) is 2. The van der Waals surface area contributed by atoms with Crippen LogP contribution in [0.1, 0.15) is 31.9 Å². The van der Waals surface area contributed by atoms with E-state index in [1.165, 1.54) is 18.2 Å². The van der Waals surface area contributed by atoms with E-state index in [0.29, 0.717) is 23.4 Å². The molecule has 0 heterocycles. The van der Waals surface area contributed by atoms with E-state index in [-0.39, 0.29) is 5.41 Å². The third-order valence-electron chi connectivity index (χ3n) is 4.64. The van der Waals surface area contributed by atoms with Crippen molar-refractivity contribution in [3.05, 3.63) is 65.1 Å². The molecule has 0 atom stereocenters. The molecule has 2 rings (SSSR count). The van der Waals surface area contributed by atoms with Crippen LogP contribution in [0.3, 0.4) is 0 Å². The second-order valence-electron chi connectivity index (χ2n) is 8.49. The van der Waals surface area contributed by atoms with Gasteiger partial charge in [0.25, 0.3) is 0 Å². The normalized spacial score (nSPS) is 11.3. The molecule has 8 heteroatoms. The maximum atomic E-state index is 14.8. The van der Waals surface area contributed by atoms with E-state index in [1.807, 2.05) is 18.2 Å². The molecule has 0 bridgehead atoms. The van der Waals surface area contributed by atoms with Crippen LogP contribution in [0.5, 0.6) is 0 Å². The van der Waals surface area contributed by atoms with Gasteiger partial charge in [0.05, 0.1) is 6.61 Å². The zero-order chi connectivity index (χ0) is 23.3. The summed E-state index contributed by atoms with van der Waals surface area (Å²) in [6, 6.07) is 10.0. The van der Waals surface area contributed by atoms with Crippen molar-refractivity contribution < 1.29 is 28.6 Å². The summed E-state index contributed by atoms with van der Waals surface area (Å²) in [5, 5.41) is 20.6. The Morgan fingerprint density at radius 2 is 1.71 bits per heavy atom. The van der Waals surface area contributed by atoms with E-state index >= 15 is 0 Å². The number of anilines is 1. The van der Waals surface area contributed by atoms with Crippen LogP contribution in [0, 0.1) is 5.82 Å². The van der Waals surface area contributed by atoms with Crippen LogP contribution in [-0.4, -0.2) is 31.2 Å². The van der Waals surface area contributed by atoms with Crippen LogP contribution in [-0.2, 0) is 26.0 Å². The van der Waals surface area contributed by atoms with Crippen LogP contribution in [0.15, 0.2) is 48.2 Å². The van der Waals surface area contributed by atoms with Crippen LogP contribution in [0.25, 0.3) is 11.1 Å². The van der Waals surface area contributed by atoms with E-state index in [2.05, 4.69) is 39.2 Å². The average molecular weight is 446 g/mol. The number of hydrogen-bond acceptors (Lipinski definition) is 4. The molecule has 6 nitrogen and oxygen atoms in total. The van der Waals surface area contributed by atoms with Crippen molar-refractivity contribution in [3.8, 4) is 11.1 Å². The lowest BCUT2D eigenvalue weighted by atomic mass is 9.84. The van der Waals surface area contributed by atoms with Gasteiger partial charge < -0.3 is 20.0 Å². The van der Waals surface area contributed by atoms with Gasteiger partial charge in [-0.1, -0.05) is 39.0 Å². The molecule has 2 aromatic carbocycles. The number of hydrogen-bond donors (Lipinski definition) is 3. The van der Waals surface area contributed by atoms with Crippen molar-refractivity contribution in [1.29, 1.82) is 0 Å². The number of rotatable bonds is 8. The molecule has 0 aliphatic heterocycles. The fraction of sp³-hybridized carbons (Fsp3) is 0.304. The molecule has 2 aromatic rings. The highest BCUT2D eigenvalue weighted by Gasteiger charge is 2.19. The van der Waals surface area contributed by atoms with Gasteiger partial charge in [0, 0.05) is 17.5 Å². The molecule has 0 saturated carbocycles. The first-order chi connectivity index (χ1) is 14.4. The minimum atomic E-state index is -1.57. The van der Waals surface area contributed by atoms with E-state index < -0.39 is 32.4 Å². The summed E-state index contributed by atoms with van der Waals surface area (Å²) < 4.78 is 20.7. The first kappa shape index (κ1) is 24.3. The Kier molecular flexibility index (Phi) is 7.75. The Hall–Kier alpha value is -2.97. The summed E-state index contributed by atoms with van der Waals surface area (Å²) in [5.41, 5.74) is 2.40. The monoisotopic (exact) mass is 445 g/mol. The Labute approximate surface area is 183 Å². The highest BCUT2D eigenvalue weighted by molar-refractivity contribution is 6.48. The van der Waals surface area contributed by atoms with E-state index in [4.69, 9.17) is 14.6 Å². The Morgan fingerprint density at radius 3 is 2.26 bits per heavy atom. The molecule has 3 N–H and O–H groups in total.